The van der Waals surface area contributed by atoms with Gasteiger partial charge in [-0.2, -0.15) is 0 Å². The maximum atomic E-state index is 11.8. The SMILES string of the molecule is Cc1ccc(SCC(=O)NCC2CCC(C(=O)O)O2)cc1. The van der Waals surface area contributed by atoms with Crippen molar-refractivity contribution in [3.05, 3.63) is 29.8 Å². The van der Waals surface area contributed by atoms with Crippen LogP contribution in [0.5, 0.6) is 0 Å². The molecular formula is C15H19NO4S. The minimum absolute atomic E-state index is 0.0667. The number of thioether (sulfide) groups is 1. The molecule has 2 rings (SSSR count). The van der Waals surface area contributed by atoms with E-state index in [1.54, 1.807) is 0 Å². The number of carbonyl (C=O) groups excluding carboxylic acids is 1. The molecular weight excluding hydrogens is 290 g/mol. The van der Waals surface area contributed by atoms with E-state index in [2.05, 4.69) is 5.32 Å². The summed E-state index contributed by atoms with van der Waals surface area (Å²) >= 11 is 1.48. The highest BCUT2D eigenvalue weighted by atomic mass is 32.2. The molecule has 2 N–H and O–H groups in total. The number of hydrogen-bond acceptors (Lipinski definition) is 4. The Morgan fingerprint density at radius 1 is 1.33 bits per heavy atom. The number of carboxylic acids is 1. The van der Waals surface area contributed by atoms with Gasteiger partial charge in [-0.05, 0) is 31.9 Å². The van der Waals surface area contributed by atoms with E-state index in [-0.39, 0.29) is 12.0 Å². The monoisotopic (exact) mass is 309 g/mol. The Morgan fingerprint density at radius 2 is 2.05 bits per heavy atom. The third-order valence-electron chi connectivity index (χ3n) is 3.30. The zero-order valence-corrected chi connectivity index (χ0v) is 12.7. The van der Waals surface area contributed by atoms with Crippen molar-refractivity contribution < 1.29 is 19.4 Å². The van der Waals surface area contributed by atoms with Crippen LogP contribution in [0, 0.1) is 6.92 Å². The molecule has 1 heterocycles. The van der Waals surface area contributed by atoms with E-state index < -0.39 is 12.1 Å². The smallest absolute Gasteiger partial charge is 0.332 e. The molecule has 1 aromatic rings. The Labute approximate surface area is 128 Å². The van der Waals surface area contributed by atoms with E-state index in [4.69, 9.17) is 9.84 Å². The highest BCUT2D eigenvalue weighted by Crippen LogP contribution is 2.20. The summed E-state index contributed by atoms with van der Waals surface area (Å²) in [4.78, 5) is 23.6. The molecule has 2 unspecified atom stereocenters. The van der Waals surface area contributed by atoms with E-state index in [0.717, 1.165) is 4.90 Å². The van der Waals surface area contributed by atoms with Crippen molar-refractivity contribution in [3.8, 4) is 0 Å². The first kappa shape index (κ1) is 15.9. The van der Waals surface area contributed by atoms with Crippen molar-refractivity contribution in [2.24, 2.45) is 0 Å². The van der Waals surface area contributed by atoms with E-state index in [9.17, 15) is 9.59 Å². The zero-order chi connectivity index (χ0) is 15.2. The molecule has 2 atom stereocenters. The number of hydrogen-bond donors (Lipinski definition) is 2. The lowest BCUT2D eigenvalue weighted by atomic mass is 10.2. The standard InChI is InChI=1S/C15H19NO4S/c1-10-2-5-12(6-3-10)21-9-14(17)16-8-11-4-7-13(20-11)15(18)19/h2-3,5-6,11,13H,4,7-9H2,1H3,(H,16,17)(H,18,19). The Balaban J connectivity index is 1.66. The van der Waals surface area contributed by atoms with Crippen molar-refractivity contribution in [1.82, 2.24) is 5.32 Å². The van der Waals surface area contributed by atoms with E-state index >= 15 is 0 Å². The van der Waals surface area contributed by atoms with E-state index in [1.807, 2.05) is 31.2 Å². The van der Waals surface area contributed by atoms with Crippen molar-refractivity contribution in [2.75, 3.05) is 12.3 Å². The van der Waals surface area contributed by atoms with Gasteiger partial charge in [-0.25, -0.2) is 4.79 Å². The average molecular weight is 309 g/mol. The molecule has 1 aromatic carbocycles. The molecule has 0 saturated carbocycles. The summed E-state index contributed by atoms with van der Waals surface area (Å²) in [5, 5.41) is 11.6. The van der Waals surface area contributed by atoms with Gasteiger partial charge >= 0.3 is 5.97 Å². The minimum Gasteiger partial charge on any atom is -0.479 e. The molecule has 1 fully saturated rings. The number of amides is 1. The van der Waals surface area contributed by atoms with E-state index in [0.29, 0.717) is 25.1 Å². The fraction of sp³-hybridized carbons (Fsp3) is 0.467. The van der Waals surface area contributed by atoms with Gasteiger partial charge in [0.05, 0.1) is 11.9 Å². The van der Waals surface area contributed by atoms with Crippen molar-refractivity contribution in [2.45, 2.75) is 36.9 Å². The number of nitrogens with one attached hydrogen (secondary N) is 1. The van der Waals surface area contributed by atoms with Gasteiger partial charge in [0, 0.05) is 11.4 Å². The fourth-order valence-corrected chi connectivity index (χ4v) is 2.83. The van der Waals surface area contributed by atoms with Crippen LogP contribution >= 0.6 is 11.8 Å². The number of aryl methyl sites for hydroxylation is 1. The third kappa shape index (κ3) is 5.06. The first-order valence-corrected chi connectivity index (χ1v) is 7.87. The summed E-state index contributed by atoms with van der Waals surface area (Å²) in [5.41, 5.74) is 1.19. The lowest BCUT2D eigenvalue weighted by molar-refractivity contribution is -0.149. The van der Waals surface area contributed by atoms with Crippen LogP contribution in [-0.2, 0) is 14.3 Å². The zero-order valence-electron chi connectivity index (χ0n) is 11.9. The van der Waals surface area contributed by atoms with Crippen LogP contribution in [0.1, 0.15) is 18.4 Å². The van der Waals surface area contributed by atoms with Crippen LogP contribution in [0.4, 0.5) is 0 Å². The number of aliphatic carboxylic acids is 1. The highest BCUT2D eigenvalue weighted by Gasteiger charge is 2.30. The lowest BCUT2D eigenvalue weighted by Crippen LogP contribution is -2.34. The number of carboxylic acid groups (broad SMARTS) is 1. The normalized spacial score (nSPS) is 21.2. The molecule has 0 radical (unpaired) electrons. The lowest BCUT2D eigenvalue weighted by Gasteiger charge is -2.12. The Kier molecular flexibility index (Phi) is 5.64. The first-order chi connectivity index (χ1) is 10.0. The summed E-state index contributed by atoms with van der Waals surface area (Å²) in [7, 11) is 0. The molecule has 114 valence electrons. The van der Waals surface area contributed by atoms with Gasteiger partial charge in [0.15, 0.2) is 6.10 Å². The summed E-state index contributed by atoms with van der Waals surface area (Å²) in [6.45, 7) is 2.39. The number of ether oxygens (including phenoxy) is 1. The number of carbonyl (C=O) groups is 2. The molecule has 1 aliphatic heterocycles. The fourth-order valence-electron chi connectivity index (χ4n) is 2.10. The Hall–Kier alpha value is -1.53. The van der Waals surface area contributed by atoms with Gasteiger partial charge in [0.2, 0.25) is 5.91 Å². The van der Waals surface area contributed by atoms with Crippen LogP contribution in [0.2, 0.25) is 0 Å². The molecule has 5 nitrogen and oxygen atoms in total. The topological polar surface area (TPSA) is 75.6 Å². The molecule has 6 heteroatoms. The quantitative estimate of drug-likeness (QED) is 0.784. The van der Waals surface area contributed by atoms with Crippen molar-refractivity contribution in [1.29, 1.82) is 0 Å². The number of benzene rings is 1. The number of rotatable bonds is 6. The van der Waals surface area contributed by atoms with E-state index in [1.165, 1.54) is 17.3 Å². The van der Waals surface area contributed by atoms with Gasteiger partial charge < -0.3 is 15.2 Å². The van der Waals surface area contributed by atoms with Gasteiger partial charge in [0.25, 0.3) is 0 Å². The molecule has 0 bridgehead atoms. The Bertz CT molecular complexity index is 503. The largest absolute Gasteiger partial charge is 0.479 e. The molecule has 0 aliphatic carbocycles. The van der Waals surface area contributed by atoms with Gasteiger partial charge in [-0.1, -0.05) is 17.7 Å². The first-order valence-electron chi connectivity index (χ1n) is 6.89. The minimum atomic E-state index is -0.932. The highest BCUT2D eigenvalue weighted by molar-refractivity contribution is 8.00. The molecule has 0 aromatic heterocycles. The predicted octanol–water partition coefficient (Wildman–Crippen LogP) is 1.84. The maximum Gasteiger partial charge on any atom is 0.332 e. The predicted molar refractivity (Wildman–Crippen MR) is 80.4 cm³/mol. The second-order valence-electron chi connectivity index (χ2n) is 5.07. The van der Waals surface area contributed by atoms with Gasteiger partial charge in [-0.3, -0.25) is 4.79 Å². The average Bonchev–Trinajstić information content (AvgIpc) is 2.93. The molecule has 1 amide bonds. The molecule has 0 spiro atoms. The second-order valence-corrected chi connectivity index (χ2v) is 6.12. The van der Waals surface area contributed by atoms with Crippen molar-refractivity contribution in [3.63, 3.8) is 0 Å². The second kappa shape index (κ2) is 7.47. The van der Waals surface area contributed by atoms with Crippen LogP contribution in [0.25, 0.3) is 0 Å². The molecule has 1 aliphatic rings. The third-order valence-corrected chi connectivity index (χ3v) is 4.31. The summed E-state index contributed by atoms with van der Waals surface area (Å²) in [6.07, 6.45) is 0.254. The molecule has 21 heavy (non-hydrogen) atoms. The van der Waals surface area contributed by atoms with Crippen LogP contribution in [0.3, 0.4) is 0 Å². The molecule has 1 saturated heterocycles. The summed E-state index contributed by atoms with van der Waals surface area (Å²) in [5.74, 6) is -0.653. The van der Waals surface area contributed by atoms with Gasteiger partial charge in [-0.15, -0.1) is 11.8 Å². The Morgan fingerprint density at radius 3 is 2.67 bits per heavy atom. The maximum absolute atomic E-state index is 11.8. The van der Waals surface area contributed by atoms with Crippen LogP contribution in [-0.4, -0.2) is 41.5 Å². The van der Waals surface area contributed by atoms with Crippen molar-refractivity contribution >= 4 is 23.6 Å². The summed E-state index contributed by atoms with van der Waals surface area (Å²) < 4.78 is 5.33. The van der Waals surface area contributed by atoms with Crippen LogP contribution < -0.4 is 5.32 Å². The van der Waals surface area contributed by atoms with Crippen LogP contribution in [0.15, 0.2) is 29.2 Å². The summed E-state index contributed by atoms with van der Waals surface area (Å²) in [6, 6.07) is 8.01. The van der Waals surface area contributed by atoms with Gasteiger partial charge in [0.1, 0.15) is 0 Å².